The van der Waals surface area contributed by atoms with Gasteiger partial charge in [0.15, 0.2) is 0 Å². The van der Waals surface area contributed by atoms with Gasteiger partial charge in [-0.05, 0) is 38.7 Å². The van der Waals surface area contributed by atoms with Crippen molar-refractivity contribution in [3.05, 3.63) is 29.8 Å². The van der Waals surface area contributed by atoms with Crippen molar-refractivity contribution in [2.45, 2.75) is 24.5 Å². The Morgan fingerprint density at radius 3 is 2.61 bits per heavy atom. The van der Waals surface area contributed by atoms with Crippen molar-refractivity contribution in [1.29, 1.82) is 0 Å². The number of nitrogens with zero attached hydrogens (tertiary/aromatic N) is 1. The normalized spacial score (nSPS) is 13.8. The molecule has 0 spiro atoms. The number of benzene rings is 1. The topological polar surface area (TPSA) is 69.6 Å². The summed E-state index contributed by atoms with van der Waals surface area (Å²) >= 11 is 0. The van der Waals surface area contributed by atoms with E-state index in [1.54, 1.807) is 12.1 Å². The zero-order valence-corrected chi connectivity index (χ0v) is 11.7. The molecule has 0 bridgehead atoms. The van der Waals surface area contributed by atoms with E-state index in [2.05, 4.69) is 4.72 Å². The van der Waals surface area contributed by atoms with Crippen LogP contribution in [0.15, 0.2) is 29.2 Å². The van der Waals surface area contributed by atoms with Crippen LogP contribution in [0.25, 0.3) is 0 Å². The molecule has 1 aromatic rings. The van der Waals surface area contributed by atoms with Gasteiger partial charge < -0.3 is 10.0 Å². The second-order valence-corrected chi connectivity index (χ2v) is 6.30. The molecule has 0 aliphatic rings. The van der Waals surface area contributed by atoms with E-state index in [1.807, 2.05) is 25.9 Å². The molecular weight excluding hydrogens is 252 g/mol. The first-order valence-electron chi connectivity index (χ1n) is 5.72. The van der Waals surface area contributed by atoms with Gasteiger partial charge in [0.2, 0.25) is 10.0 Å². The number of aliphatic hydroxyl groups excluding tert-OH is 1. The van der Waals surface area contributed by atoms with E-state index in [-0.39, 0.29) is 17.5 Å². The van der Waals surface area contributed by atoms with Gasteiger partial charge >= 0.3 is 0 Å². The molecule has 0 fully saturated rings. The lowest BCUT2D eigenvalue weighted by molar-refractivity contribution is 0.281. The smallest absolute Gasteiger partial charge is 0.240 e. The third-order valence-corrected chi connectivity index (χ3v) is 3.97. The minimum Gasteiger partial charge on any atom is -0.392 e. The predicted octanol–water partition coefficient (Wildman–Crippen LogP) is 0.407. The van der Waals surface area contributed by atoms with Crippen LogP contribution in [-0.2, 0) is 16.6 Å². The average molecular weight is 272 g/mol. The highest BCUT2D eigenvalue weighted by Crippen LogP contribution is 2.12. The van der Waals surface area contributed by atoms with Crippen molar-refractivity contribution in [2.24, 2.45) is 0 Å². The molecule has 18 heavy (non-hydrogen) atoms. The molecule has 0 heterocycles. The molecule has 1 rings (SSSR count). The molecule has 0 aliphatic heterocycles. The average Bonchev–Trinajstić information content (AvgIpc) is 2.27. The summed E-state index contributed by atoms with van der Waals surface area (Å²) in [6.45, 7) is 2.27. The Bertz CT molecular complexity index is 486. The monoisotopic (exact) mass is 272 g/mol. The zero-order chi connectivity index (χ0) is 13.8. The molecule has 1 atom stereocenters. The molecule has 1 aromatic carbocycles. The van der Waals surface area contributed by atoms with E-state index >= 15 is 0 Å². The summed E-state index contributed by atoms with van der Waals surface area (Å²) < 4.78 is 26.8. The van der Waals surface area contributed by atoms with Gasteiger partial charge in [-0.25, -0.2) is 13.1 Å². The molecule has 6 heteroatoms. The summed E-state index contributed by atoms with van der Waals surface area (Å²) in [6, 6.07) is 6.12. The number of nitrogens with one attached hydrogen (secondary N) is 1. The van der Waals surface area contributed by atoms with Crippen LogP contribution in [0.3, 0.4) is 0 Å². The van der Waals surface area contributed by atoms with Gasteiger partial charge in [-0.2, -0.15) is 0 Å². The first-order chi connectivity index (χ1) is 8.35. The van der Waals surface area contributed by atoms with E-state index in [4.69, 9.17) is 5.11 Å². The molecular formula is C12H20N2O3S. The summed E-state index contributed by atoms with van der Waals surface area (Å²) in [5.41, 5.74) is 0.582. The number of likely N-dealkylation sites (N-methyl/N-ethyl adjacent to an activating group) is 1. The minimum absolute atomic E-state index is 0.170. The summed E-state index contributed by atoms with van der Waals surface area (Å²) in [7, 11) is 0.247. The van der Waals surface area contributed by atoms with E-state index in [0.717, 1.165) is 0 Å². The van der Waals surface area contributed by atoms with E-state index in [1.165, 1.54) is 12.1 Å². The van der Waals surface area contributed by atoms with Gasteiger partial charge in [0, 0.05) is 12.6 Å². The highest BCUT2D eigenvalue weighted by molar-refractivity contribution is 7.89. The lowest BCUT2D eigenvalue weighted by Crippen LogP contribution is -2.39. The van der Waals surface area contributed by atoms with Crippen molar-refractivity contribution in [3.63, 3.8) is 0 Å². The van der Waals surface area contributed by atoms with Crippen LogP contribution < -0.4 is 4.72 Å². The first-order valence-corrected chi connectivity index (χ1v) is 7.20. The number of hydrogen-bond acceptors (Lipinski definition) is 4. The van der Waals surface area contributed by atoms with E-state index in [9.17, 15) is 8.42 Å². The fourth-order valence-corrected chi connectivity index (χ4v) is 3.03. The maximum atomic E-state index is 12.1. The Labute approximate surface area is 108 Å². The van der Waals surface area contributed by atoms with Crippen LogP contribution in [0.4, 0.5) is 0 Å². The Hall–Kier alpha value is -0.950. The lowest BCUT2D eigenvalue weighted by atomic mass is 10.2. The van der Waals surface area contributed by atoms with Gasteiger partial charge in [0.1, 0.15) is 0 Å². The largest absolute Gasteiger partial charge is 0.392 e. The minimum atomic E-state index is -3.53. The van der Waals surface area contributed by atoms with Gasteiger partial charge in [-0.1, -0.05) is 12.1 Å². The van der Waals surface area contributed by atoms with Crippen LogP contribution >= 0.6 is 0 Å². The van der Waals surface area contributed by atoms with Gasteiger partial charge in [0.25, 0.3) is 0 Å². The maximum absolute atomic E-state index is 12.1. The van der Waals surface area contributed by atoms with E-state index in [0.29, 0.717) is 12.1 Å². The second kappa shape index (κ2) is 6.29. The van der Waals surface area contributed by atoms with Crippen LogP contribution in [0.2, 0.25) is 0 Å². The first kappa shape index (κ1) is 15.1. The molecule has 2 N–H and O–H groups in total. The lowest BCUT2D eigenvalue weighted by Gasteiger charge is -2.18. The molecule has 0 saturated carbocycles. The maximum Gasteiger partial charge on any atom is 0.240 e. The quantitative estimate of drug-likeness (QED) is 0.787. The molecule has 0 saturated heterocycles. The summed E-state index contributed by atoms with van der Waals surface area (Å²) in [5.74, 6) is 0. The van der Waals surface area contributed by atoms with Crippen molar-refractivity contribution < 1.29 is 13.5 Å². The fourth-order valence-electron chi connectivity index (χ4n) is 1.73. The van der Waals surface area contributed by atoms with Gasteiger partial charge in [0.05, 0.1) is 11.5 Å². The van der Waals surface area contributed by atoms with Crippen LogP contribution in [0.5, 0.6) is 0 Å². The number of rotatable bonds is 6. The van der Waals surface area contributed by atoms with Crippen LogP contribution in [0, 0.1) is 0 Å². The standard InChI is InChI=1S/C12H20N2O3S/c1-10(8-14(2)3)13-18(16,17)12-6-4-5-11(7-12)9-15/h4-7,10,13,15H,8-9H2,1-3H3. The van der Waals surface area contributed by atoms with E-state index < -0.39 is 10.0 Å². The highest BCUT2D eigenvalue weighted by Gasteiger charge is 2.17. The van der Waals surface area contributed by atoms with Gasteiger partial charge in [-0.15, -0.1) is 0 Å². The summed E-state index contributed by atoms with van der Waals surface area (Å²) in [6.07, 6.45) is 0. The number of aliphatic hydroxyl groups is 1. The summed E-state index contributed by atoms with van der Waals surface area (Å²) in [5, 5.41) is 9.01. The Balaban J connectivity index is 2.85. The van der Waals surface area contributed by atoms with Crippen LogP contribution in [-0.4, -0.2) is 45.1 Å². The second-order valence-electron chi connectivity index (χ2n) is 4.59. The Morgan fingerprint density at radius 1 is 1.39 bits per heavy atom. The molecule has 5 nitrogen and oxygen atoms in total. The predicted molar refractivity (Wildman–Crippen MR) is 70.7 cm³/mol. The molecule has 0 radical (unpaired) electrons. The molecule has 1 unspecified atom stereocenters. The van der Waals surface area contributed by atoms with Crippen molar-refractivity contribution in [3.8, 4) is 0 Å². The third-order valence-electron chi connectivity index (χ3n) is 2.39. The van der Waals surface area contributed by atoms with Crippen molar-refractivity contribution in [1.82, 2.24) is 9.62 Å². The number of hydrogen-bond donors (Lipinski definition) is 2. The fraction of sp³-hybridized carbons (Fsp3) is 0.500. The summed E-state index contributed by atoms with van der Waals surface area (Å²) in [4.78, 5) is 2.09. The zero-order valence-electron chi connectivity index (χ0n) is 10.9. The Kier molecular flexibility index (Phi) is 5.28. The highest BCUT2D eigenvalue weighted by atomic mass is 32.2. The van der Waals surface area contributed by atoms with Crippen LogP contribution in [0.1, 0.15) is 12.5 Å². The molecule has 0 aromatic heterocycles. The third kappa shape index (κ3) is 4.38. The Morgan fingerprint density at radius 2 is 2.06 bits per heavy atom. The molecule has 102 valence electrons. The number of sulfonamides is 1. The molecule has 0 amide bonds. The van der Waals surface area contributed by atoms with Crippen molar-refractivity contribution in [2.75, 3.05) is 20.6 Å². The van der Waals surface area contributed by atoms with Crippen molar-refractivity contribution >= 4 is 10.0 Å². The van der Waals surface area contributed by atoms with Gasteiger partial charge in [-0.3, -0.25) is 0 Å². The molecule has 0 aliphatic carbocycles. The SMILES string of the molecule is CC(CN(C)C)NS(=O)(=O)c1cccc(CO)c1.